The van der Waals surface area contributed by atoms with Crippen LogP contribution in [0.25, 0.3) is 0 Å². The van der Waals surface area contributed by atoms with E-state index in [2.05, 4.69) is 10.3 Å². The Hall–Kier alpha value is -1.38. The number of nitrogens with one attached hydrogen (secondary N) is 2. The topological polar surface area (TPSA) is 26.0 Å². The molecule has 0 aromatic heterocycles. The molecule has 0 fully saturated rings. The van der Waals surface area contributed by atoms with Gasteiger partial charge in [-0.2, -0.15) is 0 Å². The van der Waals surface area contributed by atoms with Crippen LogP contribution in [-0.4, -0.2) is 6.34 Å². The van der Waals surface area contributed by atoms with Crippen molar-refractivity contribution in [1.82, 2.24) is 0 Å². The van der Waals surface area contributed by atoms with E-state index in [1.165, 1.54) is 12.1 Å². The molecule has 0 bridgehead atoms. The number of rotatable bonds is 0. The van der Waals surface area contributed by atoms with Gasteiger partial charge in [0, 0.05) is 5.56 Å². The molecule has 1 aliphatic heterocycles. The van der Waals surface area contributed by atoms with E-state index in [4.69, 9.17) is 0 Å². The largest absolute Gasteiger partial charge is 0.276 e. The Morgan fingerprint density at radius 3 is 3.27 bits per heavy atom. The van der Waals surface area contributed by atoms with Crippen LogP contribution in [0.3, 0.4) is 0 Å². The van der Waals surface area contributed by atoms with Crippen molar-refractivity contribution in [2.45, 2.75) is 6.54 Å². The molecule has 1 aromatic rings. The van der Waals surface area contributed by atoms with Crippen LogP contribution >= 0.6 is 0 Å². The van der Waals surface area contributed by atoms with Gasteiger partial charge in [-0.15, -0.1) is 0 Å². The third kappa shape index (κ3) is 1.09. The molecule has 1 heterocycles. The smallest absolute Gasteiger partial charge is 0.235 e. The second-order valence-electron chi connectivity index (χ2n) is 2.47. The fourth-order valence-corrected chi connectivity index (χ4v) is 1.14. The molecule has 2 N–H and O–H groups in total. The number of halogens is 1. The van der Waals surface area contributed by atoms with Crippen molar-refractivity contribution in [1.29, 1.82) is 0 Å². The molecule has 3 heteroatoms. The minimum Gasteiger partial charge on any atom is -0.276 e. The van der Waals surface area contributed by atoms with Gasteiger partial charge in [-0.3, -0.25) is 4.99 Å². The molecule has 1 aliphatic rings. The van der Waals surface area contributed by atoms with E-state index >= 15 is 0 Å². The zero-order valence-electron chi connectivity index (χ0n) is 5.89. The van der Waals surface area contributed by atoms with Crippen LogP contribution in [0, 0.1) is 5.82 Å². The molecule has 0 radical (unpaired) electrons. The van der Waals surface area contributed by atoms with Crippen LogP contribution in [0.5, 0.6) is 0 Å². The Bertz CT molecular complexity index is 307. The lowest BCUT2D eigenvalue weighted by molar-refractivity contribution is -0.471. The van der Waals surface area contributed by atoms with E-state index in [1.807, 2.05) is 0 Å². The summed E-state index contributed by atoms with van der Waals surface area (Å²) < 4.78 is 12.6. The van der Waals surface area contributed by atoms with Gasteiger partial charge in [-0.05, 0) is 18.2 Å². The highest BCUT2D eigenvalue weighted by atomic mass is 19.1. The van der Waals surface area contributed by atoms with E-state index in [-0.39, 0.29) is 5.82 Å². The quantitative estimate of drug-likeness (QED) is 0.530. The van der Waals surface area contributed by atoms with Gasteiger partial charge in [0.2, 0.25) is 6.34 Å². The average Bonchev–Trinajstić information content (AvgIpc) is 2.04. The minimum atomic E-state index is -0.186. The number of anilines is 1. The van der Waals surface area contributed by atoms with Crippen LogP contribution < -0.4 is 10.3 Å². The molecule has 0 saturated carbocycles. The third-order valence-electron chi connectivity index (χ3n) is 1.69. The molecule has 2 nitrogen and oxygen atoms in total. The Labute approximate surface area is 63.8 Å². The Morgan fingerprint density at radius 2 is 2.36 bits per heavy atom. The van der Waals surface area contributed by atoms with Gasteiger partial charge in [0.15, 0.2) is 0 Å². The summed E-state index contributed by atoms with van der Waals surface area (Å²) in [7, 11) is 0. The number of fused-ring (bicyclic) bond motifs is 1. The summed E-state index contributed by atoms with van der Waals surface area (Å²) in [5.74, 6) is -0.186. The molecule has 56 valence electrons. The maximum Gasteiger partial charge on any atom is 0.235 e. The number of hydrogen-bond acceptors (Lipinski definition) is 1. The maximum absolute atomic E-state index is 12.6. The maximum atomic E-state index is 12.6. The summed E-state index contributed by atoms with van der Waals surface area (Å²) in [6, 6.07) is 4.72. The third-order valence-corrected chi connectivity index (χ3v) is 1.69. The monoisotopic (exact) mass is 151 g/mol. The first-order valence-electron chi connectivity index (χ1n) is 3.46. The highest BCUT2D eigenvalue weighted by molar-refractivity contribution is 5.74. The molecule has 0 amide bonds. The second-order valence-corrected chi connectivity index (χ2v) is 2.47. The highest BCUT2D eigenvalue weighted by Crippen LogP contribution is 2.15. The molecule has 0 saturated heterocycles. The van der Waals surface area contributed by atoms with Gasteiger partial charge >= 0.3 is 0 Å². The summed E-state index contributed by atoms with van der Waals surface area (Å²) in [5, 5.41) is 2.99. The van der Waals surface area contributed by atoms with Crippen LogP contribution in [0.1, 0.15) is 5.56 Å². The van der Waals surface area contributed by atoms with Gasteiger partial charge in [0.05, 0.1) is 0 Å². The second kappa shape index (κ2) is 2.34. The summed E-state index contributed by atoms with van der Waals surface area (Å²) in [6.45, 7) is 0.695. The van der Waals surface area contributed by atoms with Crippen LogP contribution in [0.15, 0.2) is 18.2 Å². The van der Waals surface area contributed by atoms with Gasteiger partial charge in [-0.25, -0.2) is 9.71 Å². The first kappa shape index (κ1) is 6.34. The van der Waals surface area contributed by atoms with Gasteiger partial charge < -0.3 is 0 Å². The van der Waals surface area contributed by atoms with Crippen molar-refractivity contribution in [2.24, 2.45) is 0 Å². The number of benzene rings is 1. The first-order valence-corrected chi connectivity index (χ1v) is 3.46. The zero-order valence-corrected chi connectivity index (χ0v) is 5.89. The van der Waals surface area contributed by atoms with E-state index in [0.717, 1.165) is 11.3 Å². The van der Waals surface area contributed by atoms with Gasteiger partial charge in [-0.1, -0.05) is 0 Å². The lowest BCUT2D eigenvalue weighted by atomic mass is 10.1. The van der Waals surface area contributed by atoms with Crippen LogP contribution in [-0.2, 0) is 6.54 Å². The SMILES string of the molecule is Fc1ccc2c(c1)C[NH+]=CN2. The van der Waals surface area contributed by atoms with Crippen molar-refractivity contribution in [3.05, 3.63) is 29.6 Å². The minimum absolute atomic E-state index is 0.186. The normalized spacial score (nSPS) is 13.9. The highest BCUT2D eigenvalue weighted by Gasteiger charge is 2.09. The lowest BCUT2D eigenvalue weighted by Gasteiger charge is -2.05. The van der Waals surface area contributed by atoms with Crippen molar-refractivity contribution in [2.75, 3.05) is 5.32 Å². The standard InChI is InChI=1S/C8H7FN2/c9-7-1-2-8-6(3-7)4-10-5-11-8/h1-3,5H,4H2,(H,10,11)/p+1. The predicted molar refractivity (Wildman–Crippen MR) is 40.8 cm³/mol. The Kier molecular flexibility index (Phi) is 1.35. The summed E-state index contributed by atoms with van der Waals surface area (Å²) in [4.78, 5) is 2.97. The lowest BCUT2D eigenvalue weighted by Crippen LogP contribution is -2.70. The van der Waals surface area contributed by atoms with Gasteiger partial charge in [0.25, 0.3) is 0 Å². The van der Waals surface area contributed by atoms with Crippen LogP contribution in [0.4, 0.5) is 10.1 Å². The summed E-state index contributed by atoms with van der Waals surface area (Å²) in [5.41, 5.74) is 1.94. The molecule has 2 rings (SSSR count). The molecule has 11 heavy (non-hydrogen) atoms. The van der Waals surface area contributed by atoms with Crippen molar-refractivity contribution in [3.8, 4) is 0 Å². The predicted octanol–water partition coefficient (Wildman–Crippen LogP) is -0.140. The molecule has 0 spiro atoms. The van der Waals surface area contributed by atoms with Crippen molar-refractivity contribution < 1.29 is 9.38 Å². The van der Waals surface area contributed by atoms with E-state index in [9.17, 15) is 4.39 Å². The molecule has 1 aromatic carbocycles. The fourth-order valence-electron chi connectivity index (χ4n) is 1.14. The molecule has 0 atom stereocenters. The van der Waals surface area contributed by atoms with E-state index < -0.39 is 0 Å². The molecule has 0 aliphatic carbocycles. The van der Waals surface area contributed by atoms with Gasteiger partial charge in [0.1, 0.15) is 18.0 Å². The van der Waals surface area contributed by atoms with Crippen molar-refractivity contribution >= 4 is 12.0 Å². The average molecular weight is 151 g/mol. The van der Waals surface area contributed by atoms with E-state index in [1.54, 1.807) is 12.4 Å². The van der Waals surface area contributed by atoms with Crippen LogP contribution in [0.2, 0.25) is 0 Å². The van der Waals surface area contributed by atoms with E-state index in [0.29, 0.717) is 6.54 Å². The molecular formula is C8H8FN2+. The first-order chi connectivity index (χ1) is 5.36. The Morgan fingerprint density at radius 1 is 1.45 bits per heavy atom. The summed E-state index contributed by atoms with van der Waals surface area (Å²) in [6.07, 6.45) is 1.75. The summed E-state index contributed by atoms with van der Waals surface area (Å²) >= 11 is 0. The molecule has 0 unspecified atom stereocenters. The number of hydrogen-bond donors (Lipinski definition) is 2. The van der Waals surface area contributed by atoms with Crippen molar-refractivity contribution in [3.63, 3.8) is 0 Å². The fraction of sp³-hybridized carbons (Fsp3) is 0.125. The molecular weight excluding hydrogens is 143 g/mol. The zero-order chi connectivity index (χ0) is 7.68. The Balaban J connectivity index is 2.48.